The van der Waals surface area contributed by atoms with Gasteiger partial charge in [-0.2, -0.15) is 4.31 Å². The molecule has 178 valence electrons. The molecule has 4 rings (SSSR count). The Hall–Kier alpha value is -3.23. The number of rotatable bonds is 7. The first kappa shape index (κ1) is 23.9. The molecule has 1 unspecified atom stereocenters. The topological polar surface area (TPSA) is 92.5 Å². The first-order chi connectivity index (χ1) is 16.4. The summed E-state index contributed by atoms with van der Waals surface area (Å²) in [7, 11) is -3.89. The van der Waals surface area contributed by atoms with Crippen molar-refractivity contribution in [3.8, 4) is 0 Å². The number of carbonyl (C=O) groups excluding carboxylic acids is 1. The van der Waals surface area contributed by atoms with Crippen molar-refractivity contribution in [2.75, 3.05) is 18.4 Å². The van der Waals surface area contributed by atoms with E-state index >= 15 is 0 Å². The summed E-state index contributed by atoms with van der Waals surface area (Å²) in [5, 5.41) is 6.83. The van der Waals surface area contributed by atoms with E-state index < -0.39 is 15.9 Å². The number of nitrogens with one attached hydrogen (secondary N) is 1. The van der Waals surface area contributed by atoms with Crippen LogP contribution >= 0.6 is 0 Å². The molecule has 1 amide bonds. The highest BCUT2D eigenvalue weighted by Gasteiger charge is 2.36. The molecule has 1 aromatic heterocycles. The van der Waals surface area contributed by atoms with Gasteiger partial charge in [-0.3, -0.25) is 4.79 Å². The summed E-state index contributed by atoms with van der Waals surface area (Å²) >= 11 is 0. The van der Waals surface area contributed by atoms with Gasteiger partial charge in [-0.15, -0.1) is 0 Å². The zero-order chi connectivity index (χ0) is 24.1. The molecular formula is C26H29N3O4S. The Morgan fingerprint density at radius 1 is 1.15 bits per heavy atom. The third kappa shape index (κ3) is 5.29. The summed E-state index contributed by atoms with van der Waals surface area (Å²) in [5.74, 6) is -0.419. The average molecular weight is 480 g/mol. The van der Waals surface area contributed by atoms with Gasteiger partial charge in [-0.25, -0.2) is 8.42 Å². The highest BCUT2D eigenvalue weighted by Crippen LogP contribution is 2.29. The highest BCUT2D eigenvalue weighted by atomic mass is 32.2. The van der Waals surface area contributed by atoms with Crippen molar-refractivity contribution in [2.45, 2.75) is 38.0 Å². The number of sulfonamides is 1. The number of benzene rings is 2. The van der Waals surface area contributed by atoms with E-state index in [1.165, 1.54) is 9.87 Å². The zero-order valence-electron chi connectivity index (χ0n) is 19.4. The molecule has 0 saturated carbocycles. The maximum atomic E-state index is 13.6. The second-order valence-corrected chi connectivity index (χ2v) is 10.3. The monoisotopic (exact) mass is 479 g/mol. The van der Waals surface area contributed by atoms with Crippen LogP contribution in [0.3, 0.4) is 0 Å². The lowest BCUT2D eigenvalue weighted by molar-refractivity contribution is -0.120. The van der Waals surface area contributed by atoms with E-state index in [9.17, 15) is 13.2 Å². The molecule has 0 radical (unpaired) electrons. The van der Waals surface area contributed by atoms with Gasteiger partial charge in [0.25, 0.3) is 0 Å². The second kappa shape index (κ2) is 10.4. The predicted molar refractivity (Wildman–Crippen MR) is 133 cm³/mol. The van der Waals surface area contributed by atoms with Crippen LogP contribution < -0.4 is 5.32 Å². The van der Waals surface area contributed by atoms with E-state index in [1.807, 2.05) is 54.6 Å². The number of carbonyl (C=O) groups is 1. The Morgan fingerprint density at radius 2 is 1.88 bits per heavy atom. The normalized spacial score (nSPS) is 17.2. The number of piperidine rings is 1. The molecule has 3 aromatic rings. The third-order valence-electron chi connectivity index (χ3n) is 6.04. The molecule has 0 spiro atoms. The molecule has 8 heteroatoms. The number of aryl methyl sites for hydroxylation is 2. The van der Waals surface area contributed by atoms with E-state index in [2.05, 4.69) is 17.4 Å². The van der Waals surface area contributed by atoms with Crippen LogP contribution in [0.4, 0.5) is 5.69 Å². The number of hydrogen-bond acceptors (Lipinski definition) is 5. The van der Waals surface area contributed by atoms with Crippen molar-refractivity contribution in [2.24, 2.45) is 5.92 Å². The minimum absolute atomic E-state index is 0.0518. The molecule has 0 aliphatic carbocycles. The van der Waals surface area contributed by atoms with Gasteiger partial charge in [0.15, 0.2) is 10.7 Å². The summed E-state index contributed by atoms with van der Waals surface area (Å²) in [5.41, 5.74) is 3.12. The Kier molecular flexibility index (Phi) is 7.29. The van der Waals surface area contributed by atoms with Crippen LogP contribution in [0.15, 0.2) is 64.0 Å². The van der Waals surface area contributed by atoms with Gasteiger partial charge in [0.05, 0.1) is 5.92 Å². The lowest BCUT2D eigenvalue weighted by Crippen LogP contribution is -2.43. The fourth-order valence-electron chi connectivity index (χ4n) is 4.11. The van der Waals surface area contributed by atoms with Crippen molar-refractivity contribution in [3.63, 3.8) is 0 Å². The molecule has 1 aliphatic heterocycles. The standard InChI is InChI=1S/C26H29N3O4S/c1-3-20-11-14-23(15-12-20)27-26(30)22-10-7-17-29(18-22)34(31,32)25-19(2)28-33-24(25)16-13-21-8-5-4-6-9-21/h4-6,8-9,11-16,22H,3,7,10,17-18H2,1-2H3,(H,27,30)/b16-13+. The number of nitrogens with zero attached hydrogens (tertiary/aromatic N) is 2. The molecule has 1 fully saturated rings. The van der Waals surface area contributed by atoms with Crippen LogP contribution in [-0.4, -0.2) is 36.9 Å². The molecule has 34 heavy (non-hydrogen) atoms. The van der Waals surface area contributed by atoms with Gasteiger partial charge in [0.1, 0.15) is 5.69 Å². The molecular weight excluding hydrogens is 450 g/mol. The summed E-state index contributed by atoms with van der Waals surface area (Å²) in [6, 6.07) is 17.3. The van der Waals surface area contributed by atoms with E-state index in [1.54, 1.807) is 19.1 Å². The minimum atomic E-state index is -3.89. The predicted octanol–water partition coefficient (Wildman–Crippen LogP) is 4.76. The molecule has 1 aliphatic rings. The van der Waals surface area contributed by atoms with Crippen LogP contribution in [0, 0.1) is 12.8 Å². The van der Waals surface area contributed by atoms with Gasteiger partial charge < -0.3 is 9.84 Å². The summed E-state index contributed by atoms with van der Waals surface area (Å²) in [4.78, 5) is 13.0. The Bertz CT molecular complexity index is 1270. The molecule has 0 bridgehead atoms. The largest absolute Gasteiger partial charge is 0.355 e. The zero-order valence-corrected chi connectivity index (χ0v) is 20.2. The number of amides is 1. The lowest BCUT2D eigenvalue weighted by atomic mass is 9.98. The van der Waals surface area contributed by atoms with E-state index in [0.29, 0.717) is 30.8 Å². The smallest absolute Gasteiger partial charge is 0.248 e. The summed E-state index contributed by atoms with van der Waals surface area (Å²) in [6.45, 7) is 4.16. The highest BCUT2D eigenvalue weighted by molar-refractivity contribution is 7.89. The van der Waals surface area contributed by atoms with Crippen LogP contribution in [-0.2, 0) is 21.2 Å². The van der Waals surface area contributed by atoms with E-state index in [-0.39, 0.29) is 23.1 Å². The van der Waals surface area contributed by atoms with Gasteiger partial charge in [0.2, 0.25) is 15.9 Å². The van der Waals surface area contributed by atoms with Crippen molar-refractivity contribution < 1.29 is 17.7 Å². The third-order valence-corrected chi connectivity index (χ3v) is 8.07. The maximum Gasteiger partial charge on any atom is 0.248 e. The molecule has 2 heterocycles. The van der Waals surface area contributed by atoms with Crippen molar-refractivity contribution in [3.05, 3.63) is 77.2 Å². The second-order valence-electron chi connectivity index (χ2n) is 8.45. The molecule has 2 aromatic carbocycles. The lowest BCUT2D eigenvalue weighted by Gasteiger charge is -2.31. The SMILES string of the molecule is CCc1ccc(NC(=O)C2CCCN(S(=O)(=O)c3c(C)noc3/C=C/c3ccccc3)C2)cc1. The Balaban J connectivity index is 1.51. The first-order valence-corrected chi connectivity index (χ1v) is 12.9. The van der Waals surface area contributed by atoms with Gasteiger partial charge in [0, 0.05) is 18.8 Å². The van der Waals surface area contributed by atoms with Crippen molar-refractivity contribution in [1.82, 2.24) is 9.46 Å². The summed E-state index contributed by atoms with van der Waals surface area (Å²) in [6.07, 6.45) is 5.57. The van der Waals surface area contributed by atoms with Gasteiger partial charge in [-0.1, -0.05) is 60.6 Å². The molecule has 1 saturated heterocycles. The average Bonchev–Trinajstić information content (AvgIpc) is 3.25. The van der Waals surface area contributed by atoms with E-state index in [4.69, 9.17) is 4.52 Å². The number of hydrogen-bond donors (Lipinski definition) is 1. The number of anilines is 1. The fraction of sp³-hybridized carbons (Fsp3) is 0.308. The molecule has 1 N–H and O–H groups in total. The molecule has 7 nitrogen and oxygen atoms in total. The minimum Gasteiger partial charge on any atom is -0.355 e. The van der Waals surface area contributed by atoms with E-state index in [0.717, 1.165) is 12.0 Å². The van der Waals surface area contributed by atoms with Crippen LogP contribution in [0.25, 0.3) is 12.2 Å². The van der Waals surface area contributed by atoms with Crippen LogP contribution in [0.2, 0.25) is 0 Å². The fourth-order valence-corrected chi connectivity index (χ4v) is 5.88. The van der Waals surface area contributed by atoms with Crippen LogP contribution in [0.1, 0.15) is 42.3 Å². The van der Waals surface area contributed by atoms with Gasteiger partial charge in [-0.05, 0) is 55.5 Å². The van der Waals surface area contributed by atoms with Crippen LogP contribution in [0.5, 0.6) is 0 Å². The summed E-state index contributed by atoms with van der Waals surface area (Å²) < 4.78 is 33.8. The van der Waals surface area contributed by atoms with Gasteiger partial charge >= 0.3 is 0 Å². The van der Waals surface area contributed by atoms with Crippen molar-refractivity contribution >= 4 is 33.8 Å². The Morgan fingerprint density at radius 3 is 2.59 bits per heavy atom. The Labute approximate surface area is 200 Å². The molecule has 1 atom stereocenters. The number of aromatic nitrogens is 1. The quantitative estimate of drug-likeness (QED) is 0.528. The first-order valence-electron chi connectivity index (χ1n) is 11.5. The van der Waals surface area contributed by atoms with Crippen molar-refractivity contribution in [1.29, 1.82) is 0 Å². The maximum absolute atomic E-state index is 13.6.